The maximum atomic E-state index is 12.5. The van der Waals surface area contributed by atoms with Crippen molar-refractivity contribution >= 4 is 11.7 Å². The van der Waals surface area contributed by atoms with E-state index in [-0.39, 0.29) is 11.2 Å². The molecule has 0 radical (unpaired) electrons. The van der Waals surface area contributed by atoms with E-state index in [9.17, 15) is 14.9 Å². The van der Waals surface area contributed by atoms with Crippen molar-refractivity contribution < 1.29 is 19.3 Å². The highest BCUT2D eigenvalue weighted by atomic mass is 16.7. The number of non-ortho nitro benzene ring substituents is 1. The monoisotopic (exact) mass is 361 g/mol. The number of carbonyl (C=O) groups is 1. The lowest BCUT2D eigenvalue weighted by Crippen LogP contribution is -2.53. The minimum absolute atomic E-state index is 0.0154. The molecule has 8 nitrogen and oxygen atoms in total. The average Bonchev–Trinajstić information content (AvgIpc) is 3.05. The van der Waals surface area contributed by atoms with E-state index in [0.29, 0.717) is 11.1 Å². The van der Waals surface area contributed by atoms with Gasteiger partial charge >= 0.3 is 5.97 Å². The summed E-state index contributed by atoms with van der Waals surface area (Å²) in [4.78, 5) is 31.0. The molecule has 2 heterocycles. The zero-order valence-corrected chi connectivity index (χ0v) is 15.8. The molecule has 1 unspecified atom stereocenters. The fraction of sp³-hybridized carbons (Fsp3) is 0.500. The number of nitrogens with zero attached hydrogens (tertiary/aromatic N) is 3. The van der Waals surface area contributed by atoms with Gasteiger partial charge in [0.15, 0.2) is 5.66 Å². The van der Waals surface area contributed by atoms with Crippen LogP contribution in [0.1, 0.15) is 33.3 Å². The van der Waals surface area contributed by atoms with Crippen LogP contribution in [0.4, 0.5) is 5.69 Å². The first-order chi connectivity index (χ1) is 12.0. The quantitative estimate of drug-likeness (QED) is 0.465. The second kappa shape index (κ2) is 5.52. The molecule has 1 aromatic rings. The van der Waals surface area contributed by atoms with Crippen molar-refractivity contribution in [2.45, 2.75) is 44.4 Å². The normalized spacial score (nSPS) is 26.8. The van der Waals surface area contributed by atoms with Crippen molar-refractivity contribution in [2.75, 3.05) is 14.2 Å². The van der Waals surface area contributed by atoms with E-state index < -0.39 is 22.1 Å². The molecule has 140 valence electrons. The van der Waals surface area contributed by atoms with Crippen molar-refractivity contribution in [1.29, 1.82) is 0 Å². The van der Waals surface area contributed by atoms with E-state index in [4.69, 9.17) is 9.57 Å². The van der Waals surface area contributed by atoms with Gasteiger partial charge in [-0.3, -0.25) is 15.0 Å². The molecule has 0 aliphatic carbocycles. The number of rotatable bonds is 3. The molecule has 0 amide bonds. The first kappa shape index (κ1) is 18.3. The number of hydrogen-bond donors (Lipinski definition) is 0. The van der Waals surface area contributed by atoms with Gasteiger partial charge in [-0.15, -0.1) is 5.06 Å². The summed E-state index contributed by atoms with van der Waals surface area (Å²) >= 11 is 0. The summed E-state index contributed by atoms with van der Waals surface area (Å²) in [5.74, 6) is -0.508. The van der Waals surface area contributed by atoms with Crippen molar-refractivity contribution in [3.05, 3.63) is 51.8 Å². The average molecular weight is 361 g/mol. The molecule has 3 rings (SSSR count). The largest absolute Gasteiger partial charge is 0.465 e. The Kier molecular flexibility index (Phi) is 3.90. The molecular formula is C18H23N3O5. The van der Waals surface area contributed by atoms with E-state index in [0.717, 1.165) is 0 Å². The topological polar surface area (TPSA) is 85.1 Å². The third-order valence-electron chi connectivity index (χ3n) is 6.16. The zero-order valence-electron chi connectivity index (χ0n) is 15.8. The highest BCUT2D eigenvalue weighted by molar-refractivity contribution is 5.91. The number of likely N-dealkylation sites (N-methyl/N-ethyl adjacent to an activating group) is 1. The highest BCUT2D eigenvalue weighted by Gasteiger charge is 2.71. The number of esters is 1. The fourth-order valence-corrected chi connectivity index (χ4v) is 3.87. The third kappa shape index (κ3) is 1.99. The highest BCUT2D eigenvalue weighted by Crippen LogP contribution is 2.58. The van der Waals surface area contributed by atoms with E-state index in [2.05, 4.69) is 18.7 Å². The van der Waals surface area contributed by atoms with Crippen LogP contribution in [0.15, 0.2) is 36.1 Å². The van der Waals surface area contributed by atoms with Gasteiger partial charge in [-0.25, -0.2) is 4.79 Å². The molecule has 0 saturated carbocycles. The zero-order chi connectivity index (χ0) is 19.5. The molecule has 8 heteroatoms. The second-order valence-corrected chi connectivity index (χ2v) is 7.58. The van der Waals surface area contributed by atoms with Crippen LogP contribution in [0.5, 0.6) is 0 Å². The van der Waals surface area contributed by atoms with Crippen molar-refractivity contribution in [3.63, 3.8) is 0 Å². The van der Waals surface area contributed by atoms with Gasteiger partial charge in [0.25, 0.3) is 5.69 Å². The van der Waals surface area contributed by atoms with Crippen LogP contribution >= 0.6 is 0 Å². The molecule has 0 spiro atoms. The number of carbonyl (C=O) groups excluding carboxylic acids is 1. The lowest BCUT2D eigenvalue weighted by molar-refractivity contribution is -0.384. The Bertz CT molecular complexity index is 800. The van der Waals surface area contributed by atoms with Gasteiger partial charge in [0.05, 0.1) is 17.6 Å². The fourth-order valence-electron chi connectivity index (χ4n) is 3.87. The van der Waals surface area contributed by atoms with Gasteiger partial charge in [-0.1, -0.05) is 0 Å². The molecule has 1 atom stereocenters. The molecule has 0 aromatic heterocycles. The van der Waals surface area contributed by atoms with E-state index in [1.807, 2.05) is 20.9 Å². The summed E-state index contributed by atoms with van der Waals surface area (Å²) in [6.45, 7) is 8.20. The Balaban J connectivity index is 2.27. The molecule has 1 saturated heterocycles. The molecule has 26 heavy (non-hydrogen) atoms. The van der Waals surface area contributed by atoms with Crippen LogP contribution in [0, 0.1) is 10.1 Å². The van der Waals surface area contributed by atoms with Gasteiger partial charge in [0.1, 0.15) is 11.8 Å². The number of fused-ring (bicyclic) bond motifs is 1. The van der Waals surface area contributed by atoms with Gasteiger partial charge < -0.3 is 9.57 Å². The van der Waals surface area contributed by atoms with E-state index in [1.54, 1.807) is 17.2 Å². The lowest BCUT2D eigenvalue weighted by Gasteiger charge is -2.40. The van der Waals surface area contributed by atoms with Crippen molar-refractivity contribution in [3.8, 4) is 0 Å². The molecule has 2 aliphatic rings. The second-order valence-electron chi connectivity index (χ2n) is 7.58. The molecule has 1 fully saturated rings. The Morgan fingerprint density at radius 3 is 2.23 bits per heavy atom. The molecule has 2 aliphatic heterocycles. The number of hydroxylamine groups is 2. The van der Waals surface area contributed by atoms with Crippen LogP contribution < -0.4 is 0 Å². The number of hydrogen-bond acceptors (Lipinski definition) is 7. The molecular weight excluding hydrogens is 338 g/mol. The summed E-state index contributed by atoms with van der Waals surface area (Å²) in [5, 5.41) is 12.8. The number of methoxy groups -OCH3 is 1. The van der Waals surface area contributed by atoms with Gasteiger partial charge in [0, 0.05) is 17.7 Å². The Hall–Kier alpha value is -2.45. The maximum Gasteiger partial charge on any atom is 0.340 e. The smallest absolute Gasteiger partial charge is 0.340 e. The van der Waals surface area contributed by atoms with Gasteiger partial charge in [0.2, 0.25) is 0 Å². The third-order valence-corrected chi connectivity index (χ3v) is 6.16. The van der Waals surface area contributed by atoms with Gasteiger partial charge in [-0.05, 0) is 52.4 Å². The lowest BCUT2D eigenvalue weighted by atomic mass is 9.83. The molecule has 0 N–H and O–H groups in total. The standard InChI is InChI=1S/C18H23N3O5/c1-16(2)17(3,4)21-18(19(16)5,14(11-26-21)15(22)25-6)12-7-9-13(10-8-12)20(23)24/h7-11H,1-6H3. The Morgan fingerprint density at radius 2 is 1.73 bits per heavy atom. The van der Waals surface area contributed by atoms with Gasteiger partial charge in [-0.2, -0.15) is 0 Å². The van der Waals surface area contributed by atoms with E-state index >= 15 is 0 Å². The first-order valence-electron chi connectivity index (χ1n) is 8.28. The summed E-state index contributed by atoms with van der Waals surface area (Å²) in [5.41, 5.74) is -0.903. The summed E-state index contributed by atoms with van der Waals surface area (Å²) < 4.78 is 4.99. The van der Waals surface area contributed by atoms with Crippen molar-refractivity contribution in [2.24, 2.45) is 0 Å². The van der Waals surface area contributed by atoms with Crippen LogP contribution in [-0.2, 0) is 20.0 Å². The van der Waals surface area contributed by atoms with Crippen LogP contribution in [-0.4, -0.2) is 46.1 Å². The summed E-state index contributed by atoms with van der Waals surface area (Å²) in [6.07, 6.45) is 1.40. The number of nitro groups is 1. The minimum Gasteiger partial charge on any atom is -0.465 e. The van der Waals surface area contributed by atoms with Crippen LogP contribution in [0.2, 0.25) is 0 Å². The van der Waals surface area contributed by atoms with Crippen LogP contribution in [0.3, 0.4) is 0 Å². The summed E-state index contributed by atoms with van der Waals surface area (Å²) in [7, 11) is 3.23. The Morgan fingerprint density at radius 1 is 1.15 bits per heavy atom. The van der Waals surface area contributed by atoms with Crippen molar-refractivity contribution in [1.82, 2.24) is 9.96 Å². The maximum absolute atomic E-state index is 12.5. The first-order valence-corrected chi connectivity index (χ1v) is 8.28. The summed E-state index contributed by atoms with van der Waals surface area (Å²) in [6, 6.07) is 6.18. The number of ether oxygens (including phenoxy) is 1. The predicted octanol–water partition coefficient (Wildman–Crippen LogP) is 2.55. The van der Waals surface area contributed by atoms with E-state index in [1.165, 1.54) is 25.5 Å². The SMILES string of the molecule is COC(=O)C1=CON2C1(c1ccc([N+](=O)[O-])cc1)N(C)C(C)(C)C2(C)C. The molecule has 0 bridgehead atoms. The minimum atomic E-state index is -1.05. The predicted molar refractivity (Wildman–Crippen MR) is 93.7 cm³/mol. The number of nitro benzene ring substituents is 1. The Labute approximate surface area is 152 Å². The molecule has 1 aromatic carbocycles. The van der Waals surface area contributed by atoms with Crippen LogP contribution in [0.25, 0.3) is 0 Å². The number of benzene rings is 1.